The van der Waals surface area contributed by atoms with Gasteiger partial charge in [-0.05, 0) is 31.7 Å². The molecule has 0 aromatic carbocycles. The molecule has 1 fully saturated rings. The molecule has 1 aliphatic carbocycles. The van der Waals surface area contributed by atoms with E-state index in [2.05, 4.69) is 10.3 Å². The number of hydrogen-bond donors (Lipinski definition) is 2. The summed E-state index contributed by atoms with van der Waals surface area (Å²) in [5.41, 5.74) is 0.447. The van der Waals surface area contributed by atoms with Gasteiger partial charge in [0.05, 0.1) is 24.8 Å². The smallest absolute Gasteiger partial charge is 0.306 e. The number of aliphatic carboxylic acids is 1. The van der Waals surface area contributed by atoms with Crippen molar-refractivity contribution in [1.29, 1.82) is 0 Å². The maximum absolute atomic E-state index is 12.2. The average molecular weight is 278 g/mol. The predicted octanol–water partition coefficient (Wildman–Crippen LogP) is 1.46. The van der Waals surface area contributed by atoms with Crippen LogP contribution in [0, 0.1) is 5.92 Å². The van der Waals surface area contributed by atoms with Crippen molar-refractivity contribution in [3.05, 3.63) is 24.0 Å². The number of pyridine rings is 1. The summed E-state index contributed by atoms with van der Waals surface area (Å²) >= 11 is 0. The van der Waals surface area contributed by atoms with Crippen LogP contribution < -0.4 is 10.1 Å². The fourth-order valence-corrected chi connectivity index (χ4v) is 2.48. The maximum atomic E-state index is 12.2. The van der Waals surface area contributed by atoms with Crippen LogP contribution >= 0.6 is 0 Å². The summed E-state index contributed by atoms with van der Waals surface area (Å²) in [6, 6.07) is 1.63. The summed E-state index contributed by atoms with van der Waals surface area (Å²) in [4.78, 5) is 27.0. The summed E-state index contributed by atoms with van der Waals surface area (Å²) in [6.45, 7) is 0. The first-order valence-corrected chi connectivity index (χ1v) is 6.63. The number of carbonyl (C=O) groups excluding carboxylic acids is 1. The van der Waals surface area contributed by atoms with Gasteiger partial charge in [-0.25, -0.2) is 0 Å². The zero-order valence-corrected chi connectivity index (χ0v) is 11.3. The van der Waals surface area contributed by atoms with Crippen molar-refractivity contribution < 1.29 is 19.4 Å². The Kier molecular flexibility index (Phi) is 4.55. The van der Waals surface area contributed by atoms with Crippen molar-refractivity contribution in [3.8, 4) is 5.75 Å². The van der Waals surface area contributed by atoms with E-state index in [0.717, 1.165) is 0 Å². The molecule has 1 aromatic rings. The van der Waals surface area contributed by atoms with Crippen molar-refractivity contribution in [2.45, 2.75) is 31.7 Å². The molecule has 2 N–H and O–H groups in total. The normalized spacial score (nSPS) is 22.1. The Morgan fingerprint density at radius 3 is 2.65 bits per heavy atom. The molecule has 1 aliphatic rings. The molecule has 20 heavy (non-hydrogen) atoms. The van der Waals surface area contributed by atoms with E-state index in [1.54, 1.807) is 12.3 Å². The monoisotopic (exact) mass is 278 g/mol. The van der Waals surface area contributed by atoms with Gasteiger partial charge < -0.3 is 15.2 Å². The third-order valence-corrected chi connectivity index (χ3v) is 3.66. The van der Waals surface area contributed by atoms with Gasteiger partial charge in [-0.15, -0.1) is 0 Å². The van der Waals surface area contributed by atoms with E-state index in [4.69, 9.17) is 9.84 Å². The molecule has 108 valence electrons. The molecule has 6 heteroatoms. The van der Waals surface area contributed by atoms with Gasteiger partial charge in [0.2, 0.25) is 0 Å². The molecular weight excluding hydrogens is 260 g/mol. The lowest BCUT2D eigenvalue weighted by atomic mass is 9.86. The number of rotatable bonds is 4. The Labute approximate surface area is 117 Å². The highest BCUT2D eigenvalue weighted by Gasteiger charge is 2.27. The molecule has 0 spiro atoms. The Morgan fingerprint density at radius 1 is 1.35 bits per heavy atom. The van der Waals surface area contributed by atoms with Gasteiger partial charge in [0.15, 0.2) is 0 Å². The lowest BCUT2D eigenvalue weighted by molar-refractivity contribution is -0.142. The van der Waals surface area contributed by atoms with Gasteiger partial charge in [-0.1, -0.05) is 0 Å². The highest BCUT2D eigenvalue weighted by Crippen LogP contribution is 2.25. The molecule has 0 bridgehead atoms. The van der Waals surface area contributed by atoms with Gasteiger partial charge in [-0.2, -0.15) is 0 Å². The second-order valence-corrected chi connectivity index (χ2v) is 4.94. The number of carbonyl (C=O) groups is 2. The number of ether oxygens (including phenoxy) is 1. The number of nitrogens with one attached hydrogen (secondary N) is 1. The van der Waals surface area contributed by atoms with Crippen LogP contribution in [0.25, 0.3) is 0 Å². The Hall–Kier alpha value is -2.11. The highest BCUT2D eigenvalue weighted by atomic mass is 16.5. The molecule has 0 aliphatic heterocycles. The minimum absolute atomic E-state index is 0.0240. The number of hydrogen-bond acceptors (Lipinski definition) is 4. The van der Waals surface area contributed by atoms with Gasteiger partial charge in [0, 0.05) is 12.2 Å². The largest absolute Gasteiger partial charge is 0.494 e. The second kappa shape index (κ2) is 6.36. The first-order chi connectivity index (χ1) is 9.61. The van der Waals surface area contributed by atoms with Crippen LogP contribution in [0.15, 0.2) is 18.5 Å². The molecule has 1 saturated carbocycles. The van der Waals surface area contributed by atoms with Gasteiger partial charge >= 0.3 is 5.97 Å². The van der Waals surface area contributed by atoms with Crippen molar-refractivity contribution in [2.75, 3.05) is 7.11 Å². The third kappa shape index (κ3) is 3.26. The standard InChI is InChI=1S/C14H18N2O4/c1-20-12-8-15-7-6-11(12)13(17)16-10-4-2-9(3-5-10)14(18)19/h6-10H,2-5H2,1H3,(H,16,17)(H,18,19). The van der Waals surface area contributed by atoms with Gasteiger partial charge in [0.25, 0.3) is 5.91 Å². The number of methoxy groups -OCH3 is 1. The van der Waals surface area contributed by atoms with Gasteiger partial charge in [0.1, 0.15) is 5.75 Å². The van der Waals surface area contributed by atoms with Crippen LogP contribution in [-0.4, -0.2) is 35.1 Å². The first-order valence-electron chi connectivity index (χ1n) is 6.63. The molecule has 0 atom stereocenters. The molecule has 1 aromatic heterocycles. The van der Waals surface area contributed by atoms with E-state index in [1.165, 1.54) is 13.3 Å². The van der Waals surface area contributed by atoms with Crippen molar-refractivity contribution in [2.24, 2.45) is 5.92 Å². The molecule has 0 saturated heterocycles. The van der Waals surface area contributed by atoms with E-state index >= 15 is 0 Å². The number of amides is 1. The minimum Gasteiger partial charge on any atom is -0.494 e. The predicted molar refractivity (Wildman–Crippen MR) is 71.6 cm³/mol. The lowest BCUT2D eigenvalue weighted by Crippen LogP contribution is -2.38. The third-order valence-electron chi connectivity index (χ3n) is 3.66. The molecule has 6 nitrogen and oxygen atoms in total. The zero-order valence-electron chi connectivity index (χ0n) is 11.3. The van der Waals surface area contributed by atoms with E-state index in [1.807, 2.05) is 0 Å². The molecule has 1 amide bonds. The number of carboxylic acids is 1. The Morgan fingerprint density at radius 2 is 2.05 bits per heavy atom. The van der Waals surface area contributed by atoms with Crippen LogP contribution in [0.4, 0.5) is 0 Å². The summed E-state index contributed by atoms with van der Waals surface area (Å²) in [6.07, 6.45) is 5.63. The molecule has 0 radical (unpaired) electrons. The van der Waals surface area contributed by atoms with E-state index in [0.29, 0.717) is 37.0 Å². The van der Waals surface area contributed by atoms with E-state index in [-0.39, 0.29) is 17.9 Å². The van der Waals surface area contributed by atoms with Crippen LogP contribution in [-0.2, 0) is 4.79 Å². The summed E-state index contributed by atoms with van der Waals surface area (Å²) in [5, 5.41) is 11.9. The Balaban J connectivity index is 1.94. The van der Waals surface area contributed by atoms with Gasteiger partial charge in [-0.3, -0.25) is 14.6 Å². The fraction of sp³-hybridized carbons (Fsp3) is 0.500. The second-order valence-electron chi connectivity index (χ2n) is 4.94. The molecule has 1 heterocycles. The maximum Gasteiger partial charge on any atom is 0.306 e. The van der Waals surface area contributed by atoms with E-state index < -0.39 is 5.97 Å². The van der Waals surface area contributed by atoms with Crippen LogP contribution in [0.5, 0.6) is 5.75 Å². The lowest BCUT2D eigenvalue weighted by Gasteiger charge is -2.27. The summed E-state index contributed by atoms with van der Waals surface area (Å²) in [7, 11) is 1.49. The van der Waals surface area contributed by atoms with Crippen LogP contribution in [0.1, 0.15) is 36.0 Å². The van der Waals surface area contributed by atoms with Crippen LogP contribution in [0.3, 0.4) is 0 Å². The molecule has 0 unspecified atom stereocenters. The Bertz CT molecular complexity index is 496. The quantitative estimate of drug-likeness (QED) is 0.870. The summed E-state index contributed by atoms with van der Waals surface area (Å²) < 4.78 is 5.10. The number of carboxylic acid groups (broad SMARTS) is 1. The van der Waals surface area contributed by atoms with Crippen molar-refractivity contribution in [1.82, 2.24) is 10.3 Å². The SMILES string of the molecule is COc1cnccc1C(=O)NC1CCC(C(=O)O)CC1. The van der Waals surface area contributed by atoms with E-state index in [9.17, 15) is 9.59 Å². The highest BCUT2D eigenvalue weighted by molar-refractivity contribution is 5.96. The topological polar surface area (TPSA) is 88.5 Å². The molecule has 2 rings (SSSR count). The number of aromatic nitrogens is 1. The minimum atomic E-state index is -0.745. The van der Waals surface area contributed by atoms with Crippen LogP contribution in [0.2, 0.25) is 0 Å². The fourth-order valence-electron chi connectivity index (χ4n) is 2.48. The summed E-state index contributed by atoms with van der Waals surface area (Å²) in [5.74, 6) is -0.795. The number of nitrogens with zero attached hydrogens (tertiary/aromatic N) is 1. The van der Waals surface area contributed by atoms with Crippen molar-refractivity contribution >= 4 is 11.9 Å². The molecular formula is C14H18N2O4. The zero-order chi connectivity index (χ0) is 14.5. The van der Waals surface area contributed by atoms with Crippen molar-refractivity contribution in [3.63, 3.8) is 0 Å². The first kappa shape index (κ1) is 14.3. The average Bonchev–Trinajstić information content (AvgIpc) is 2.47.